The highest BCUT2D eigenvalue weighted by atomic mass is 32.1. The Labute approximate surface area is 158 Å². The summed E-state index contributed by atoms with van der Waals surface area (Å²) < 4.78 is 0. The summed E-state index contributed by atoms with van der Waals surface area (Å²) >= 11 is 3.10. The molecule has 130 valence electrons. The summed E-state index contributed by atoms with van der Waals surface area (Å²) in [5, 5.41) is 9.23. The van der Waals surface area contributed by atoms with Crippen LogP contribution >= 0.6 is 22.7 Å². The van der Waals surface area contributed by atoms with Crippen molar-refractivity contribution in [3.05, 3.63) is 75.1 Å². The van der Waals surface area contributed by atoms with Gasteiger partial charge in [-0.05, 0) is 47.2 Å². The van der Waals surface area contributed by atoms with Crippen molar-refractivity contribution in [2.45, 2.75) is 0 Å². The van der Waals surface area contributed by atoms with Crippen molar-refractivity contribution >= 4 is 58.3 Å². The van der Waals surface area contributed by atoms with Gasteiger partial charge in [0, 0.05) is 21.9 Å². The molecule has 0 bridgehead atoms. The van der Waals surface area contributed by atoms with E-state index in [2.05, 4.69) is 15.6 Å². The summed E-state index contributed by atoms with van der Waals surface area (Å²) in [6.45, 7) is 0. The second-order valence-corrected chi connectivity index (χ2v) is 7.04. The first-order valence-corrected chi connectivity index (χ1v) is 9.47. The van der Waals surface area contributed by atoms with E-state index in [1.165, 1.54) is 12.2 Å². The van der Waals surface area contributed by atoms with Crippen LogP contribution in [0.2, 0.25) is 0 Å². The van der Waals surface area contributed by atoms with Crippen LogP contribution in [0, 0.1) is 0 Å². The Hall–Kier alpha value is -3.03. The van der Waals surface area contributed by atoms with Gasteiger partial charge < -0.3 is 10.6 Å². The molecule has 0 unspecified atom stereocenters. The molecule has 0 aliphatic rings. The van der Waals surface area contributed by atoms with Gasteiger partial charge >= 0.3 is 0 Å². The maximum Gasteiger partial charge on any atom is 0.249 e. The quantitative estimate of drug-likeness (QED) is 0.617. The Morgan fingerprint density at radius 2 is 1.27 bits per heavy atom. The molecule has 2 amide bonds. The Morgan fingerprint density at radius 1 is 0.769 bits per heavy atom. The van der Waals surface area contributed by atoms with Crippen LogP contribution in [-0.2, 0) is 9.59 Å². The normalized spacial score (nSPS) is 11.1. The molecule has 3 aromatic heterocycles. The molecule has 0 radical (unpaired) electrons. The molecular weight excluding hydrogens is 366 g/mol. The summed E-state index contributed by atoms with van der Waals surface area (Å²) in [5.74, 6) is 0.163. The number of hydrogen-bond donors (Lipinski definition) is 2. The van der Waals surface area contributed by atoms with E-state index in [0.717, 1.165) is 9.75 Å². The number of hydrogen-bond acceptors (Lipinski definition) is 5. The van der Waals surface area contributed by atoms with E-state index in [0.29, 0.717) is 11.6 Å². The van der Waals surface area contributed by atoms with Gasteiger partial charge in [-0.25, -0.2) is 4.98 Å². The van der Waals surface area contributed by atoms with Gasteiger partial charge in [-0.1, -0.05) is 18.2 Å². The third-order valence-corrected chi connectivity index (χ3v) is 4.81. The molecule has 0 aromatic carbocycles. The molecule has 0 aliphatic carbocycles. The SMILES string of the molecule is O=C(/C=C/c1cccs1)Nc1cccc(NC(=O)/C=C/c2cccs2)n1. The monoisotopic (exact) mass is 381 g/mol. The van der Waals surface area contributed by atoms with E-state index in [-0.39, 0.29) is 11.8 Å². The molecule has 0 atom stereocenters. The van der Waals surface area contributed by atoms with Gasteiger partial charge in [-0.2, -0.15) is 0 Å². The molecule has 7 heteroatoms. The largest absolute Gasteiger partial charge is 0.307 e. The summed E-state index contributed by atoms with van der Waals surface area (Å²) in [7, 11) is 0. The highest BCUT2D eigenvalue weighted by Gasteiger charge is 2.03. The third-order valence-electron chi connectivity index (χ3n) is 3.14. The van der Waals surface area contributed by atoms with Gasteiger partial charge in [0.05, 0.1) is 0 Å². The molecule has 0 aliphatic heterocycles. The van der Waals surface area contributed by atoms with Gasteiger partial charge in [0.15, 0.2) is 0 Å². The summed E-state index contributed by atoms with van der Waals surface area (Å²) in [4.78, 5) is 30.1. The number of carbonyl (C=O) groups excluding carboxylic acids is 2. The van der Waals surface area contributed by atoms with Crippen molar-refractivity contribution in [3.63, 3.8) is 0 Å². The fraction of sp³-hybridized carbons (Fsp3) is 0. The van der Waals surface area contributed by atoms with Crippen molar-refractivity contribution in [2.75, 3.05) is 10.6 Å². The Bertz CT molecular complexity index is 856. The summed E-state index contributed by atoms with van der Waals surface area (Å²) in [6, 6.07) is 12.7. The van der Waals surface area contributed by atoms with Crippen molar-refractivity contribution in [1.82, 2.24) is 4.98 Å². The number of pyridine rings is 1. The predicted octanol–water partition coefficient (Wildman–Crippen LogP) is 4.51. The zero-order valence-corrected chi connectivity index (χ0v) is 15.2. The average Bonchev–Trinajstić information content (AvgIpc) is 3.32. The second kappa shape index (κ2) is 8.89. The summed E-state index contributed by atoms with van der Waals surface area (Å²) in [5.41, 5.74) is 0. The minimum atomic E-state index is -0.285. The molecule has 0 spiro atoms. The molecule has 2 N–H and O–H groups in total. The van der Waals surface area contributed by atoms with Crippen LogP contribution in [-0.4, -0.2) is 16.8 Å². The average molecular weight is 381 g/mol. The van der Waals surface area contributed by atoms with Crippen LogP contribution in [0.25, 0.3) is 12.2 Å². The topological polar surface area (TPSA) is 71.1 Å². The summed E-state index contributed by atoms with van der Waals surface area (Å²) in [6.07, 6.45) is 6.37. The smallest absolute Gasteiger partial charge is 0.249 e. The van der Waals surface area contributed by atoms with E-state index >= 15 is 0 Å². The second-order valence-electron chi connectivity index (χ2n) is 5.08. The van der Waals surface area contributed by atoms with Crippen molar-refractivity contribution in [3.8, 4) is 0 Å². The van der Waals surface area contributed by atoms with Crippen LogP contribution in [0.15, 0.2) is 65.4 Å². The fourth-order valence-electron chi connectivity index (χ4n) is 2.00. The fourth-order valence-corrected chi connectivity index (χ4v) is 3.23. The van der Waals surface area contributed by atoms with Gasteiger partial charge in [0.1, 0.15) is 11.6 Å². The molecule has 0 fully saturated rings. The minimum Gasteiger partial charge on any atom is -0.307 e. The van der Waals surface area contributed by atoms with E-state index in [4.69, 9.17) is 0 Å². The molecular formula is C19H15N3O2S2. The van der Waals surface area contributed by atoms with Crippen molar-refractivity contribution in [2.24, 2.45) is 0 Å². The maximum absolute atomic E-state index is 11.9. The lowest BCUT2D eigenvalue weighted by molar-refractivity contribution is -0.112. The van der Waals surface area contributed by atoms with Crippen molar-refractivity contribution < 1.29 is 9.59 Å². The lowest BCUT2D eigenvalue weighted by Gasteiger charge is -2.05. The van der Waals surface area contributed by atoms with E-state index in [1.54, 1.807) is 53.0 Å². The van der Waals surface area contributed by atoms with Crippen molar-refractivity contribution in [1.29, 1.82) is 0 Å². The van der Waals surface area contributed by atoms with E-state index in [1.807, 2.05) is 35.0 Å². The predicted molar refractivity (Wildman–Crippen MR) is 108 cm³/mol. The van der Waals surface area contributed by atoms with Gasteiger partial charge in [-0.3, -0.25) is 9.59 Å². The number of nitrogens with one attached hydrogen (secondary N) is 2. The zero-order valence-electron chi connectivity index (χ0n) is 13.6. The number of amides is 2. The molecule has 5 nitrogen and oxygen atoms in total. The highest BCUT2D eigenvalue weighted by Crippen LogP contribution is 2.13. The van der Waals surface area contributed by atoms with Crippen LogP contribution in [0.3, 0.4) is 0 Å². The van der Waals surface area contributed by atoms with Gasteiger partial charge in [0.2, 0.25) is 11.8 Å². The minimum absolute atomic E-state index is 0.285. The molecule has 3 heterocycles. The molecule has 26 heavy (non-hydrogen) atoms. The third kappa shape index (κ3) is 5.51. The maximum atomic E-state index is 11.9. The standard InChI is InChI=1S/C19H15N3O2S2/c23-18(10-8-14-4-2-12-25-14)21-16-6-1-7-17(20-16)22-19(24)11-9-15-5-3-13-26-15/h1-13H,(H2,20,21,22,23,24)/b10-8+,11-9+. The zero-order chi connectivity index (χ0) is 18.2. The molecule has 0 saturated heterocycles. The Kier molecular flexibility index (Phi) is 6.08. The lowest BCUT2D eigenvalue weighted by Crippen LogP contribution is -2.12. The van der Waals surface area contributed by atoms with E-state index in [9.17, 15) is 9.59 Å². The Morgan fingerprint density at radius 3 is 1.69 bits per heavy atom. The van der Waals surface area contributed by atoms with Crippen LogP contribution in [0.4, 0.5) is 11.6 Å². The first-order chi connectivity index (χ1) is 12.7. The molecule has 0 saturated carbocycles. The molecule has 3 rings (SSSR count). The molecule has 3 aromatic rings. The number of nitrogens with zero attached hydrogens (tertiary/aromatic N) is 1. The Balaban J connectivity index is 1.57. The van der Waals surface area contributed by atoms with Crippen LogP contribution < -0.4 is 10.6 Å². The number of aromatic nitrogens is 1. The van der Waals surface area contributed by atoms with Crippen LogP contribution in [0.1, 0.15) is 9.75 Å². The lowest BCUT2D eigenvalue weighted by atomic mass is 10.3. The number of anilines is 2. The first-order valence-electron chi connectivity index (χ1n) is 7.71. The number of thiophene rings is 2. The highest BCUT2D eigenvalue weighted by molar-refractivity contribution is 7.11. The first kappa shape index (κ1) is 17.8. The van der Waals surface area contributed by atoms with Gasteiger partial charge in [0.25, 0.3) is 0 Å². The number of carbonyl (C=O) groups is 2. The van der Waals surface area contributed by atoms with E-state index < -0.39 is 0 Å². The number of rotatable bonds is 6. The van der Waals surface area contributed by atoms with Crippen LogP contribution in [0.5, 0.6) is 0 Å². The van der Waals surface area contributed by atoms with Gasteiger partial charge in [-0.15, -0.1) is 22.7 Å².